The lowest BCUT2D eigenvalue weighted by Gasteiger charge is -2.35. The molecule has 8 heteroatoms. The first kappa shape index (κ1) is 20.9. The Morgan fingerprint density at radius 1 is 1.03 bits per heavy atom. The summed E-state index contributed by atoms with van der Waals surface area (Å²) in [6, 6.07) is 13.9. The molecule has 2 N–H and O–H groups in total. The van der Waals surface area contributed by atoms with E-state index in [-0.39, 0.29) is 24.5 Å². The Balaban J connectivity index is 1.21. The molecule has 0 aromatic heterocycles. The molecule has 8 nitrogen and oxygen atoms in total. The van der Waals surface area contributed by atoms with Crippen LogP contribution in [0.1, 0.15) is 25.3 Å². The number of amides is 4. The Morgan fingerprint density at radius 3 is 2.44 bits per heavy atom. The van der Waals surface area contributed by atoms with E-state index in [1.807, 2.05) is 42.5 Å². The Bertz CT molecular complexity index is 1060. The second-order valence-electron chi connectivity index (χ2n) is 9.23. The highest BCUT2D eigenvalue weighted by Crippen LogP contribution is 2.31. The summed E-state index contributed by atoms with van der Waals surface area (Å²) in [4.78, 5) is 43.6. The van der Waals surface area contributed by atoms with Crippen LogP contribution in [-0.2, 0) is 15.1 Å². The zero-order valence-electron chi connectivity index (χ0n) is 18.3. The van der Waals surface area contributed by atoms with Crippen LogP contribution in [0.15, 0.2) is 42.5 Å². The predicted octanol–water partition coefficient (Wildman–Crippen LogP) is 1.46. The quantitative estimate of drug-likeness (QED) is 0.671. The molecule has 2 aromatic rings. The topological polar surface area (TPSA) is 85.0 Å². The van der Waals surface area contributed by atoms with E-state index in [1.54, 1.807) is 6.92 Å². The van der Waals surface area contributed by atoms with E-state index < -0.39 is 5.54 Å². The number of carbonyl (C=O) groups excluding carboxylic acids is 3. The second-order valence-corrected chi connectivity index (χ2v) is 9.23. The van der Waals surface area contributed by atoms with Gasteiger partial charge in [0.05, 0.1) is 13.2 Å². The van der Waals surface area contributed by atoms with E-state index in [4.69, 9.17) is 0 Å². The van der Waals surface area contributed by atoms with Crippen molar-refractivity contribution in [3.8, 4) is 0 Å². The number of rotatable bonds is 6. The maximum absolute atomic E-state index is 13.3. The lowest BCUT2D eigenvalue weighted by molar-refractivity contribution is -0.132. The van der Waals surface area contributed by atoms with Crippen LogP contribution in [0.5, 0.6) is 0 Å². The van der Waals surface area contributed by atoms with Gasteiger partial charge in [0.15, 0.2) is 0 Å². The van der Waals surface area contributed by atoms with Crippen molar-refractivity contribution in [2.75, 3.05) is 39.4 Å². The number of hydrogen-bond acceptors (Lipinski definition) is 5. The standard InChI is InChI=1S/C24H29N5O3/c1-24(19-7-6-17-4-2-3-5-18(17)14-19)22(31)29(23(32)26-24)16-28-12-10-27(11-13-28)15-21(30)25-20-8-9-20/h2-7,14,20H,8-13,15-16H2,1H3,(H,25,30)(H,26,32). The van der Waals surface area contributed by atoms with Crippen LogP contribution in [0.4, 0.5) is 4.79 Å². The average molecular weight is 436 g/mol. The van der Waals surface area contributed by atoms with Crippen LogP contribution in [-0.4, -0.2) is 78.0 Å². The van der Waals surface area contributed by atoms with E-state index >= 15 is 0 Å². The van der Waals surface area contributed by atoms with Crippen LogP contribution in [0.2, 0.25) is 0 Å². The summed E-state index contributed by atoms with van der Waals surface area (Å²) in [5, 5.41) is 8.06. The third kappa shape index (κ3) is 4.08. The Hall–Kier alpha value is -2.97. The van der Waals surface area contributed by atoms with Crippen molar-refractivity contribution >= 4 is 28.6 Å². The first-order valence-corrected chi connectivity index (χ1v) is 11.3. The maximum Gasteiger partial charge on any atom is 0.326 e. The van der Waals surface area contributed by atoms with Crippen molar-refractivity contribution in [2.45, 2.75) is 31.3 Å². The van der Waals surface area contributed by atoms with Crippen molar-refractivity contribution in [1.29, 1.82) is 0 Å². The Kier molecular flexibility index (Phi) is 5.35. The summed E-state index contributed by atoms with van der Waals surface area (Å²) < 4.78 is 0. The minimum Gasteiger partial charge on any atom is -0.352 e. The first-order valence-electron chi connectivity index (χ1n) is 11.3. The third-order valence-corrected chi connectivity index (χ3v) is 6.72. The van der Waals surface area contributed by atoms with Gasteiger partial charge in [0, 0.05) is 32.2 Å². The van der Waals surface area contributed by atoms with Crippen molar-refractivity contribution in [2.24, 2.45) is 0 Å². The highest BCUT2D eigenvalue weighted by atomic mass is 16.2. The normalized spacial score (nSPS) is 24.7. The second kappa shape index (κ2) is 8.18. The van der Waals surface area contributed by atoms with Crippen LogP contribution < -0.4 is 10.6 Å². The number of fused-ring (bicyclic) bond motifs is 1. The number of urea groups is 1. The molecule has 2 heterocycles. The molecule has 3 fully saturated rings. The Morgan fingerprint density at radius 2 is 1.72 bits per heavy atom. The van der Waals surface area contributed by atoms with E-state index in [9.17, 15) is 14.4 Å². The van der Waals surface area contributed by atoms with E-state index in [0.29, 0.717) is 25.7 Å². The van der Waals surface area contributed by atoms with Gasteiger partial charge in [-0.05, 0) is 42.2 Å². The van der Waals surface area contributed by atoms with Gasteiger partial charge in [0.1, 0.15) is 5.54 Å². The number of imide groups is 1. The molecule has 2 aliphatic heterocycles. The van der Waals surface area contributed by atoms with Gasteiger partial charge in [-0.1, -0.05) is 36.4 Å². The number of benzene rings is 2. The fourth-order valence-electron chi connectivity index (χ4n) is 4.51. The van der Waals surface area contributed by atoms with Gasteiger partial charge in [0.2, 0.25) is 5.91 Å². The molecule has 0 bridgehead atoms. The molecule has 2 saturated heterocycles. The van der Waals surface area contributed by atoms with Gasteiger partial charge in [-0.2, -0.15) is 0 Å². The smallest absolute Gasteiger partial charge is 0.326 e. The lowest BCUT2D eigenvalue weighted by atomic mass is 9.90. The zero-order chi connectivity index (χ0) is 22.3. The molecule has 32 heavy (non-hydrogen) atoms. The third-order valence-electron chi connectivity index (χ3n) is 6.72. The molecule has 168 valence electrons. The molecule has 1 aliphatic carbocycles. The SMILES string of the molecule is CC1(c2ccc3ccccc3c2)NC(=O)N(CN2CCN(CC(=O)NC3CC3)CC2)C1=O. The van der Waals surface area contributed by atoms with E-state index in [0.717, 1.165) is 42.3 Å². The summed E-state index contributed by atoms with van der Waals surface area (Å²) in [7, 11) is 0. The minimum atomic E-state index is -1.08. The minimum absolute atomic E-state index is 0.0844. The molecule has 0 spiro atoms. The summed E-state index contributed by atoms with van der Waals surface area (Å²) in [5.74, 6) is -0.148. The molecule has 3 aliphatic rings. The van der Waals surface area contributed by atoms with Gasteiger partial charge in [-0.15, -0.1) is 0 Å². The van der Waals surface area contributed by atoms with Crippen LogP contribution in [0.3, 0.4) is 0 Å². The summed E-state index contributed by atoms with van der Waals surface area (Å²) in [6.07, 6.45) is 2.17. The largest absolute Gasteiger partial charge is 0.352 e. The zero-order valence-corrected chi connectivity index (χ0v) is 18.3. The number of hydrogen-bond donors (Lipinski definition) is 2. The van der Waals surface area contributed by atoms with Crippen LogP contribution in [0, 0.1) is 0 Å². The fraction of sp³-hybridized carbons (Fsp3) is 0.458. The van der Waals surface area contributed by atoms with Crippen LogP contribution >= 0.6 is 0 Å². The van der Waals surface area contributed by atoms with Gasteiger partial charge >= 0.3 is 6.03 Å². The first-order chi connectivity index (χ1) is 15.4. The molecular formula is C24H29N5O3. The summed E-state index contributed by atoms with van der Waals surface area (Å²) in [6.45, 7) is 5.34. The fourth-order valence-corrected chi connectivity index (χ4v) is 4.51. The molecule has 0 radical (unpaired) electrons. The number of nitrogens with one attached hydrogen (secondary N) is 2. The summed E-state index contributed by atoms with van der Waals surface area (Å²) in [5.41, 5.74) is -0.298. The van der Waals surface area contributed by atoms with Crippen LogP contribution in [0.25, 0.3) is 10.8 Å². The maximum atomic E-state index is 13.3. The average Bonchev–Trinajstić information content (AvgIpc) is 3.57. The molecule has 5 rings (SSSR count). The number of carbonyl (C=O) groups is 3. The summed E-state index contributed by atoms with van der Waals surface area (Å²) >= 11 is 0. The molecule has 2 aromatic carbocycles. The van der Waals surface area contributed by atoms with Crippen molar-refractivity contribution in [3.63, 3.8) is 0 Å². The molecule has 4 amide bonds. The van der Waals surface area contributed by atoms with E-state index in [2.05, 4.69) is 20.4 Å². The van der Waals surface area contributed by atoms with Gasteiger partial charge in [-0.3, -0.25) is 19.4 Å². The highest BCUT2D eigenvalue weighted by molar-refractivity contribution is 6.07. The molecular weight excluding hydrogens is 406 g/mol. The monoisotopic (exact) mass is 435 g/mol. The number of nitrogens with zero attached hydrogens (tertiary/aromatic N) is 3. The van der Waals surface area contributed by atoms with Crippen molar-refractivity contribution in [1.82, 2.24) is 25.3 Å². The van der Waals surface area contributed by atoms with Crippen molar-refractivity contribution < 1.29 is 14.4 Å². The van der Waals surface area contributed by atoms with Crippen molar-refractivity contribution in [3.05, 3.63) is 48.0 Å². The molecule has 1 unspecified atom stereocenters. The Labute approximate surface area is 187 Å². The van der Waals surface area contributed by atoms with E-state index in [1.165, 1.54) is 4.90 Å². The highest BCUT2D eigenvalue weighted by Gasteiger charge is 2.49. The van der Waals surface area contributed by atoms with Gasteiger partial charge in [0.25, 0.3) is 5.91 Å². The molecule has 1 saturated carbocycles. The number of piperazine rings is 1. The molecule has 1 atom stereocenters. The van der Waals surface area contributed by atoms with Gasteiger partial charge < -0.3 is 10.6 Å². The van der Waals surface area contributed by atoms with Gasteiger partial charge in [-0.25, -0.2) is 9.69 Å². The predicted molar refractivity (Wildman–Crippen MR) is 121 cm³/mol. The lowest BCUT2D eigenvalue weighted by Crippen LogP contribution is -2.53.